The molecule has 0 unspecified atom stereocenters. The number of ketones is 1. The molecule has 1 heterocycles. The standard InChI is InChI=1S/C22H14Cl2FN3O3/c23-14-7-10-16(17(24)11-14)22(30)31-20(21(29)13-5-8-15(25)9-6-13)12-28-19-4-2-1-3-18(19)26-27-28/h1-11,20H,12H2/t20-/m0/s1. The zero-order chi connectivity index (χ0) is 22.0. The molecule has 0 N–H and O–H groups in total. The van der Waals surface area contributed by atoms with Crippen LogP contribution >= 0.6 is 23.2 Å². The summed E-state index contributed by atoms with van der Waals surface area (Å²) in [7, 11) is 0. The quantitative estimate of drug-likeness (QED) is 0.301. The summed E-state index contributed by atoms with van der Waals surface area (Å²) in [6.45, 7) is -0.0896. The Morgan fingerprint density at radius 3 is 2.52 bits per heavy atom. The van der Waals surface area contributed by atoms with E-state index in [1.165, 1.54) is 35.0 Å². The molecular weight excluding hydrogens is 444 g/mol. The van der Waals surface area contributed by atoms with Crippen LogP contribution in [0.2, 0.25) is 10.0 Å². The normalized spacial score (nSPS) is 12.0. The number of nitrogens with zero attached hydrogens (tertiary/aromatic N) is 3. The van der Waals surface area contributed by atoms with E-state index in [2.05, 4.69) is 10.3 Å². The molecule has 156 valence electrons. The fraction of sp³-hybridized carbons (Fsp3) is 0.0909. The molecule has 1 aromatic heterocycles. The summed E-state index contributed by atoms with van der Waals surface area (Å²) in [5.74, 6) is -1.80. The number of halogens is 3. The predicted molar refractivity (Wildman–Crippen MR) is 114 cm³/mol. The van der Waals surface area contributed by atoms with Gasteiger partial charge < -0.3 is 4.74 Å². The van der Waals surface area contributed by atoms with Gasteiger partial charge in [-0.25, -0.2) is 13.9 Å². The molecular formula is C22H14Cl2FN3O3. The minimum atomic E-state index is -1.25. The van der Waals surface area contributed by atoms with Gasteiger partial charge in [0.25, 0.3) is 0 Å². The van der Waals surface area contributed by atoms with Crippen molar-refractivity contribution in [1.29, 1.82) is 0 Å². The Balaban J connectivity index is 1.67. The lowest BCUT2D eigenvalue weighted by Crippen LogP contribution is -2.32. The Morgan fingerprint density at radius 1 is 1.03 bits per heavy atom. The Hall–Kier alpha value is -3.29. The molecule has 0 aliphatic heterocycles. The summed E-state index contributed by atoms with van der Waals surface area (Å²) in [6, 6.07) is 16.5. The van der Waals surface area contributed by atoms with Crippen LogP contribution in [0.15, 0.2) is 66.7 Å². The van der Waals surface area contributed by atoms with E-state index in [0.717, 1.165) is 12.1 Å². The second-order valence-electron chi connectivity index (χ2n) is 6.65. The third-order valence-corrected chi connectivity index (χ3v) is 5.13. The number of fused-ring (bicyclic) bond motifs is 1. The Kier molecular flexibility index (Phi) is 5.97. The summed E-state index contributed by atoms with van der Waals surface area (Å²) < 4.78 is 20.3. The van der Waals surface area contributed by atoms with Crippen LogP contribution in [0.1, 0.15) is 20.7 Å². The highest BCUT2D eigenvalue weighted by molar-refractivity contribution is 6.36. The van der Waals surface area contributed by atoms with Crippen LogP contribution in [0, 0.1) is 5.82 Å². The predicted octanol–water partition coefficient (Wildman–Crippen LogP) is 4.99. The maximum Gasteiger partial charge on any atom is 0.340 e. The Labute approximate surface area is 186 Å². The molecule has 0 spiro atoms. The maximum absolute atomic E-state index is 13.3. The maximum atomic E-state index is 13.3. The summed E-state index contributed by atoms with van der Waals surface area (Å²) in [4.78, 5) is 25.9. The summed E-state index contributed by atoms with van der Waals surface area (Å²) in [6.07, 6.45) is -1.25. The molecule has 0 amide bonds. The Morgan fingerprint density at radius 2 is 1.77 bits per heavy atom. The van der Waals surface area contributed by atoms with Crippen LogP contribution in [0.4, 0.5) is 4.39 Å². The molecule has 31 heavy (non-hydrogen) atoms. The average molecular weight is 458 g/mol. The van der Waals surface area contributed by atoms with Gasteiger partial charge in [0.15, 0.2) is 6.10 Å². The Bertz CT molecular complexity index is 1270. The van der Waals surface area contributed by atoms with Gasteiger partial charge in [0.1, 0.15) is 11.3 Å². The molecule has 3 aromatic carbocycles. The first kappa shape index (κ1) is 21.0. The zero-order valence-corrected chi connectivity index (χ0v) is 17.3. The highest BCUT2D eigenvalue weighted by Gasteiger charge is 2.27. The summed E-state index contributed by atoms with van der Waals surface area (Å²) in [5, 5.41) is 8.56. The lowest BCUT2D eigenvalue weighted by molar-refractivity contribution is 0.0245. The van der Waals surface area contributed by atoms with E-state index >= 15 is 0 Å². The van der Waals surface area contributed by atoms with Crippen molar-refractivity contribution in [3.05, 3.63) is 93.7 Å². The van der Waals surface area contributed by atoms with Crippen LogP contribution in [0.5, 0.6) is 0 Å². The molecule has 6 nitrogen and oxygen atoms in total. The molecule has 4 rings (SSSR count). The molecule has 0 saturated heterocycles. The van der Waals surface area contributed by atoms with Crippen molar-refractivity contribution in [3.8, 4) is 0 Å². The van der Waals surface area contributed by atoms with Crippen molar-refractivity contribution < 1.29 is 18.7 Å². The summed E-state index contributed by atoms with van der Waals surface area (Å²) in [5.41, 5.74) is 1.54. The number of hydrogen-bond donors (Lipinski definition) is 0. The minimum absolute atomic E-state index is 0.0615. The van der Waals surface area contributed by atoms with Crippen molar-refractivity contribution in [1.82, 2.24) is 15.0 Å². The van der Waals surface area contributed by atoms with E-state index in [1.54, 1.807) is 18.2 Å². The van der Waals surface area contributed by atoms with Crippen molar-refractivity contribution in [2.24, 2.45) is 0 Å². The number of carbonyl (C=O) groups is 2. The number of para-hydroxylation sites is 1. The van der Waals surface area contributed by atoms with Crippen molar-refractivity contribution >= 4 is 46.0 Å². The zero-order valence-electron chi connectivity index (χ0n) is 15.8. The van der Waals surface area contributed by atoms with Crippen LogP contribution in [0.3, 0.4) is 0 Å². The van der Waals surface area contributed by atoms with Gasteiger partial charge in [-0.05, 0) is 54.6 Å². The number of benzene rings is 3. The van der Waals surface area contributed by atoms with Crippen LogP contribution < -0.4 is 0 Å². The van der Waals surface area contributed by atoms with Crippen LogP contribution in [-0.2, 0) is 11.3 Å². The summed E-state index contributed by atoms with van der Waals surface area (Å²) >= 11 is 12.0. The van der Waals surface area contributed by atoms with E-state index in [9.17, 15) is 14.0 Å². The van der Waals surface area contributed by atoms with E-state index in [0.29, 0.717) is 16.1 Å². The lowest BCUT2D eigenvalue weighted by Gasteiger charge is -2.18. The number of Topliss-reactive ketones (excluding diaryl/α,β-unsaturated/α-hetero) is 1. The largest absolute Gasteiger partial charge is 0.448 e. The van der Waals surface area contributed by atoms with Crippen molar-refractivity contribution in [2.45, 2.75) is 12.6 Å². The molecule has 0 bridgehead atoms. The number of esters is 1. The number of aromatic nitrogens is 3. The first-order valence-corrected chi connectivity index (χ1v) is 9.92. The molecule has 1 atom stereocenters. The second-order valence-corrected chi connectivity index (χ2v) is 7.49. The van der Waals surface area contributed by atoms with Crippen LogP contribution in [-0.4, -0.2) is 32.9 Å². The van der Waals surface area contributed by atoms with Crippen molar-refractivity contribution in [2.75, 3.05) is 0 Å². The van der Waals surface area contributed by atoms with E-state index in [1.807, 2.05) is 6.07 Å². The highest BCUT2D eigenvalue weighted by Crippen LogP contribution is 2.23. The lowest BCUT2D eigenvalue weighted by atomic mass is 10.1. The van der Waals surface area contributed by atoms with Gasteiger partial charge in [-0.15, -0.1) is 5.10 Å². The number of rotatable bonds is 6. The van der Waals surface area contributed by atoms with Gasteiger partial charge >= 0.3 is 5.97 Å². The molecule has 9 heteroatoms. The number of carbonyl (C=O) groups excluding carboxylic acids is 2. The molecule has 0 aliphatic rings. The molecule has 0 aliphatic carbocycles. The third kappa shape index (κ3) is 4.57. The smallest absolute Gasteiger partial charge is 0.340 e. The fourth-order valence-electron chi connectivity index (χ4n) is 3.03. The fourth-order valence-corrected chi connectivity index (χ4v) is 3.52. The van der Waals surface area contributed by atoms with Crippen molar-refractivity contribution in [3.63, 3.8) is 0 Å². The van der Waals surface area contributed by atoms with Gasteiger partial charge in [0, 0.05) is 10.6 Å². The SMILES string of the molecule is O=C(O[C@@H](Cn1nnc2ccccc21)C(=O)c1ccc(F)cc1)c1ccc(Cl)cc1Cl. The monoisotopic (exact) mass is 457 g/mol. The highest BCUT2D eigenvalue weighted by atomic mass is 35.5. The number of hydrogen-bond acceptors (Lipinski definition) is 5. The van der Waals surface area contributed by atoms with Crippen LogP contribution in [0.25, 0.3) is 11.0 Å². The first-order valence-electron chi connectivity index (χ1n) is 9.16. The van der Waals surface area contributed by atoms with E-state index in [4.69, 9.17) is 27.9 Å². The van der Waals surface area contributed by atoms with Gasteiger partial charge in [-0.2, -0.15) is 0 Å². The van der Waals surface area contributed by atoms with Gasteiger partial charge in [0.2, 0.25) is 5.78 Å². The molecule has 0 saturated carbocycles. The molecule has 4 aromatic rings. The second kappa shape index (κ2) is 8.83. The van der Waals surface area contributed by atoms with Gasteiger partial charge in [-0.1, -0.05) is 40.5 Å². The van der Waals surface area contributed by atoms with E-state index < -0.39 is 23.7 Å². The number of ether oxygens (including phenoxy) is 1. The molecule has 0 fully saturated rings. The van der Waals surface area contributed by atoms with Gasteiger partial charge in [0.05, 0.1) is 22.6 Å². The topological polar surface area (TPSA) is 74.1 Å². The third-order valence-electron chi connectivity index (χ3n) is 4.58. The average Bonchev–Trinajstić information content (AvgIpc) is 3.16. The first-order chi connectivity index (χ1) is 14.9. The minimum Gasteiger partial charge on any atom is -0.448 e. The molecule has 0 radical (unpaired) electrons. The van der Waals surface area contributed by atoms with E-state index in [-0.39, 0.29) is 22.7 Å². The van der Waals surface area contributed by atoms with Gasteiger partial charge in [-0.3, -0.25) is 4.79 Å².